The Kier molecular flexibility index (Phi) is 6.24. The van der Waals surface area contributed by atoms with Gasteiger partial charge in [0.25, 0.3) is 0 Å². The van der Waals surface area contributed by atoms with Crippen molar-refractivity contribution in [3.05, 3.63) is 71.8 Å². The van der Waals surface area contributed by atoms with Gasteiger partial charge in [-0.15, -0.1) is 0 Å². The lowest BCUT2D eigenvalue weighted by molar-refractivity contribution is -0.138. The minimum absolute atomic E-state index is 0.0825. The molecule has 0 aromatic heterocycles. The number of likely N-dealkylation sites (N-methyl/N-ethyl adjacent to an activating group) is 1. The van der Waals surface area contributed by atoms with Gasteiger partial charge in [-0.1, -0.05) is 60.7 Å². The third-order valence-corrected chi connectivity index (χ3v) is 5.25. The van der Waals surface area contributed by atoms with Gasteiger partial charge in [0.1, 0.15) is 6.61 Å². The molecule has 0 aliphatic heterocycles. The summed E-state index contributed by atoms with van der Waals surface area (Å²) in [5.74, 6) is 0.717. The van der Waals surface area contributed by atoms with Gasteiger partial charge in [-0.3, -0.25) is 4.79 Å². The molecule has 0 radical (unpaired) electrons. The minimum atomic E-state index is 0.0825. The molecule has 1 aliphatic carbocycles. The van der Waals surface area contributed by atoms with E-state index in [0.717, 1.165) is 31.2 Å². The molecule has 1 fully saturated rings. The van der Waals surface area contributed by atoms with Gasteiger partial charge in [0.2, 0.25) is 5.91 Å². The van der Waals surface area contributed by atoms with Crippen LogP contribution in [0.4, 0.5) is 0 Å². The Hall–Kier alpha value is -2.13. The van der Waals surface area contributed by atoms with Crippen molar-refractivity contribution < 1.29 is 9.53 Å². The molecule has 2 aromatic rings. The Morgan fingerprint density at radius 3 is 2.20 bits per heavy atom. The SMILES string of the molecule is CN(C(=O)COCc1ccccc1)C1CCC(c2ccccc2)CC1. The minimum Gasteiger partial charge on any atom is -0.367 e. The number of amides is 1. The average molecular weight is 337 g/mol. The van der Waals surface area contributed by atoms with Gasteiger partial charge in [0, 0.05) is 13.1 Å². The zero-order valence-corrected chi connectivity index (χ0v) is 14.9. The molecular weight excluding hydrogens is 310 g/mol. The van der Waals surface area contributed by atoms with Gasteiger partial charge < -0.3 is 9.64 Å². The monoisotopic (exact) mass is 337 g/mol. The van der Waals surface area contributed by atoms with Crippen molar-refractivity contribution in [1.29, 1.82) is 0 Å². The van der Waals surface area contributed by atoms with E-state index in [4.69, 9.17) is 4.74 Å². The highest BCUT2D eigenvalue weighted by molar-refractivity contribution is 5.77. The van der Waals surface area contributed by atoms with Crippen LogP contribution in [0, 0.1) is 0 Å². The molecule has 0 heterocycles. The molecule has 25 heavy (non-hydrogen) atoms. The molecule has 0 atom stereocenters. The van der Waals surface area contributed by atoms with Crippen LogP contribution >= 0.6 is 0 Å². The molecule has 0 spiro atoms. The Balaban J connectivity index is 1.42. The lowest BCUT2D eigenvalue weighted by Gasteiger charge is -2.35. The van der Waals surface area contributed by atoms with Crippen molar-refractivity contribution in [2.45, 2.75) is 44.2 Å². The van der Waals surface area contributed by atoms with E-state index < -0.39 is 0 Å². The van der Waals surface area contributed by atoms with Crippen LogP contribution in [0.25, 0.3) is 0 Å². The van der Waals surface area contributed by atoms with E-state index >= 15 is 0 Å². The van der Waals surface area contributed by atoms with Crippen molar-refractivity contribution in [3.63, 3.8) is 0 Å². The summed E-state index contributed by atoms with van der Waals surface area (Å²) in [5.41, 5.74) is 2.53. The maximum absolute atomic E-state index is 12.4. The highest BCUT2D eigenvalue weighted by Crippen LogP contribution is 2.34. The largest absolute Gasteiger partial charge is 0.367 e. The van der Waals surface area contributed by atoms with E-state index in [1.807, 2.05) is 42.3 Å². The fourth-order valence-electron chi connectivity index (χ4n) is 3.66. The summed E-state index contributed by atoms with van der Waals surface area (Å²) in [4.78, 5) is 14.3. The number of carbonyl (C=O) groups is 1. The summed E-state index contributed by atoms with van der Waals surface area (Å²) < 4.78 is 5.59. The zero-order chi connectivity index (χ0) is 17.5. The second-order valence-electron chi connectivity index (χ2n) is 6.90. The summed E-state index contributed by atoms with van der Waals surface area (Å²) in [5, 5.41) is 0. The first-order chi connectivity index (χ1) is 12.2. The number of carbonyl (C=O) groups excluding carboxylic acids is 1. The predicted molar refractivity (Wildman–Crippen MR) is 100 cm³/mol. The molecule has 0 bridgehead atoms. The number of ether oxygens (including phenoxy) is 1. The van der Waals surface area contributed by atoms with Crippen LogP contribution in [0.2, 0.25) is 0 Å². The molecule has 3 nitrogen and oxygen atoms in total. The van der Waals surface area contributed by atoms with Gasteiger partial charge in [0.15, 0.2) is 0 Å². The van der Waals surface area contributed by atoms with Gasteiger partial charge in [-0.05, 0) is 42.7 Å². The second kappa shape index (κ2) is 8.82. The maximum atomic E-state index is 12.4. The van der Waals surface area contributed by atoms with Gasteiger partial charge in [-0.25, -0.2) is 0 Å². The first-order valence-electron chi connectivity index (χ1n) is 9.16. The van der Waals surface area contributed by atoms with Crippen LogP contribution in [0.3, 0.4) is 0 Å². The van der Waals surface area contributed by atoms with E-state index in [1.165, 1.54) is 5.56 Å². The second-order valence-corrected chi connectivity index (χ2v) is 6.90. The average Bonchev–Trinajstić information content (AvgIpc) is 2.69. The standard InChI is InChI=1S/C22H27NO2/c1-23(22(24)17-25-16-18-8-4-2-5-9-18)21-14-12-20(13-15-21)19-10-6-3-7-11-19/h2-11,20-21H,12-17H2,1H3. The van der Waals surface area contributed by atoms with E-state index in [0.29, 0.717) is 18.6 Å². The van der Waals surface area contributed by atoms with Gasteiger partial charge >= 0.3 is 0 Å². The molecule has 0 unspecified atom stereocenters. The molecule has 1 amide bonds. The van der Waals surface area contributed by atoms with Crippen LogP contribution < -0.4 is 0 Å². The number of nitrogens with zero attached hydrogens (tertiary/aromatic N) is 1. The lowest BCUT2D eigenvalue weighted by Crippen LogP contribution is -2.41. The number of benzene rings is 2. The van der Waals surface area contributed by atoms with E-state index in [-0.39, 0.29) is 12.5 Å². The fourth-order valence-corrected chi connectivity index (χ4v) is 3.66. The normalized spacial score (nSPS) is 20.2. The Labute approximate surface area is 150 Å². The van der Waals surface area contributed by atoms with E-state index in [2.05, 4.69) is 30.3 Å². The van der Waals surface area contributed by atoms with Gasteiger partial charge in [-0.2, -0.15) is 0 Å². The Morgan fingerprint density at radius 2 is 1.56 bits per heavy atom. The van der Waals surface area contributed by atoms with Crippen molar-refractivity contribution >= 4 is 5.91 Å². The summed E-state index contributed by atoms with van der Waals surface area (Å²) in [7, 11) is 1.92. The van der Waals surface area contributed by atoms with Crippen LogP contribution in [0.1, 0.15) is 42.7 Å². The molecule has 1 saturated carbocycles. The van der Waals surface area contributed by atoms with Crippen LogP contribution in [-0.2, 0) is 16.1 Å². The molecule has 132 valence electrons. The molecule has 0 saturated heterocycles. The predicted octanol–water partition coefficient (Wildman–Crippen LogP) is 4.39. The topological polar surface area (TPSA) is 29.5 Å². The zero-order valence-electron chi connectivity index (χ0n) is 14.9. The molecule has 1 aliphatic rings. The summed E-state index contributed by atoms with van der Waals surface area (Å²) in [6.07, 6.45) is 4.44. The quantitative estimate of drug-likeness (QED) is 0.782. The Bertz CT molecular complexity index is 648. The highest BCUT2D eigenvalue weighted by atomic mass is 16.5. The fraction of sp³-hybridized carbons (Fsp3) is 0.409. The molecular formula is C22H27NO2. The first kappa shape index (κ1) is 17.7. The summed E-state index contributed by atoms with van der Waals surface area (Å²) in [6.45, 7) is 0.644. The third-order valence-electron chi connectivity index (χ3n) is 5.25. The number of hydrogen-bond acceptors (Lipinski definition) is 2. The number of hydrogen-bond donors (Lipinski definition) is 0. The van der Waals surface area contributed by atoms with E-state index in [9.17, 15) is 4.79 Å². The molecule has 3 heteroatoms. The summed E-state index contributed by atoms with van der Waals surface area (Å²) >= 11 is 0. The smallest absolute Gasteiger partial charge is 0.248 e. The third kappa shape index (κ3) is 4.93. The maximum Gasteiger partial charge on any atom is 0.248 e. The number of rotatable bonds is 6. The van der Waals surface area contributed by atoms with Crippen molar-refractivity contribution in [3.8, 4) is 0 Å². The van der Waals surface area contributed by atoms with Crippen LogP contribution in [-0.4, -0.2) is 30.5 Å². The molecule has 0 N–H and O–H groups in total. The van der Waals surface area contributed by atoms with Crippen LogP contribution in [0.5, 0.6) is 0 Å². The Morgan fingerprint density at radius 1 is 0.960 bits per heavy atom. The van der Waals surface area contributed by atoms with Crippen LogP contribution in [0.15, 0.2) is 60.7 Å². The van der Waals surface area contributed by atoms with Crippen molar-refractivity contribution in [2.24, 2.45) is 0 Å². The highest BCUT2D eigenvalue weighted by Gasteiger charge is 2.27. The summed E-state index contributed by atoms with van der Waals surface area (Å²) in [6, 6.07) is 21.0. The first-order valence-corrected chi connectivity index (χ1v) is 9.16. The lowest BCUT2D eigenvalue weighted by atomic mass is 9.81. The molecule has 3 rings (SSSR count). The van der Waals surface area contributed by atoms with Crippen molar-refractivity contribution in [1.82, 2.24) is 4.90 Å². The van der Waals surface area contributed by atoms with Gasteiger partial charge in [0.05, 0.1) is 6.61 Å². The van der Waals surface area contributed by atoms with E-state index in [1.54, 1.807) is 0 Å². The molecule has 2 aromatic carbocycles. The van der Waals surface area contributed by atoms with Crippen molar-refractivity contribution in [2.75, 3.05) is 13.7 Å².